The smallest absolute Gasteiger partial charge is 0.307 e. The number of nitrogen functional groups attached to an aromatic ring is 1. The first-order valence-corrected chi connectivity index (χ1v) is 6.39. The quantitative estimate of drug-likeness (QED) is 0.852. The Morgan fingerprint density at radius 2 is 2.12 bits per heavy atom. The van der Waals surface area contributed by atoms with Gasteiger partial charge in [-0.3, -0.25) is 9.36 Å². The molecule has 2 rings (SSSR count). The molecule has 3 nitrogen and oxygen atoms in total. The van der Waals surface area contributed by atoms with Gasteiger partial charge in [-0.25, -0.2) is 0 Å². The molecule has 0 bridgehead atoms. The van der Waals surface area contributed by atoms with Crippen molar-refractivity contribution >= 4 is 28.6 Å². The van der Waals surface area contributed by atoms with Crippen LogP contribution in [0.3, 0.4) is 0 Å². The first-order valence-electron chi connectivity index (χ1n) is 5.20. The lowest BCUT2D eigenvalue weighted by Gasteiger charge is -2.07. The van der Waals surface area contributed by atoms with Gasteiger partial charge in [0.15, 0.2) is 0 Å². The average molecular weight is 269 g/mol. The van der Waals surface area contributed by atoms with E-state index in [1.807, 2.05) is 19.9 Å². The van der Waals surface area contributed by atoms with E-state index in [4.69, 9.17) is 17.3 Å². The molecule has 0 spiro atoms. The molecule has 0 atom stereocenters. The first kappa shape index (κ1) is 12.2. The van der Waals surface area contributed by atoms with Crippen molar-refractivity contribution in [3.63, 3.8) is 0 Å². The van der Waals surface area contributed by atoms with Crippen molar-refractivity contribution < 1.29 is 0 Å². The molecule has 0 amide bonds. The maximum atomic E-state index is 11.8. The lowest BCUT2D eigenvalue weighted by atomic mass is 10.2. The summed E-state index contributed by atoms with van der Waals surface area (Å²) in [5.74, 6) is 0. The van der Waals surface area contributed by atoms with Crippen molar-refractivity contribution in [2.45, 2.75) is 20.4 Å². The highest BCUT2D eigenvalue weighted by molar-refractivity contribution is 7.09. The number of halogens is 1. The zero-order chi connectivity index (χ0) is 12.6. The summed E-state index contributed by atoms with van der Waals surface area (Å²) < 4.78 is 1.73. The second-order valence-electron chi connectivity index (χ2n) is 3.95. The molecule has 2 N–H and O–H groups in total. The molecule has 0 aliphatic rings. The second-order valence-corrected chi connectivity index (χ2v) is 5.52. The normalized spacial score (nSPS) is 10.8. The molecule has 0 saturated carbocycles. The molecule has 1 aromatic carbocycles. The summed E-state index contributed by atoms with van der Waals surface area (Å²) in [7, 11) is 0. The van der Waals surface area contributed by atoms with E-state index >= 15 is 0 Å². The molecular formula is C12H13ClN2OS. The number of rotatable bonds is 2. The Balaban J connectivity index is 2.41. The third-order valence-corrected chi connectivity index (χ3v) is 4.13. The fourth-order valence-electron chi connectivity index (χ4n) is 1.63. The van der Waals surface area contributed by atoms with Crippen LogP contribution in [-0.4, -0.2) is 4.57 Å². The minimum atomic E-state index is 0.0490. The van der Waals surface area contributed by atoms with E-state index in [1.165, 1.54) is 11.3 Å². The van der Waals surface area contributed by atoms with Gasteiger partial charge < -0.3 is 5.73 Å². The van der Waals surface area contributed by atoms with Crippen LogP contribution in [0, 0.1) is 13.8 Å². The third kappa shape index (κ3) is 2.37. The zero-order valence-electron chi connectivity index (χ0n) is 9.66. The minimum absolute atomic E-state index is 0.0490. The van der Waals surface area contributed by atoms with Gasteiger partial charge in [0, 0.05) is 21.3 Å². The predicted molar refractivity (Wildman–Crippen MR) is 73.0 cm³/mol. The maximum absolute atomic E-state index is 11.8. The minimum Gasteiger partial charge on any atom is -0.399 e. The summed E-state index contributed by atoms with van der Waals surface area (Å²) in [6.45, 7) is 4.38. The van der Waals surface area contributed by atoms with Crippen LogP contribution >= 0.6 is 22.9 Å². The van der Waals surface area contributed by atoms with E-state index in [0.29, 0.717) is 17.3 Å². The van der Waals surface area contributed by atoms with Crippen LogP contribution < -0.4 is 10.6 Å². The van der Waals surface area contributed by atoms with Crippen LogP contribution in [-0.2, 0) is 6.54 Å². The number of hydrogen-bond donors (Lipinski definition) is 1. The first-order chi connectivity index (χ1) is 7.99. The average Bonchev–Trinajstić information content (AvgIpc) is 2.48. The van der Waals surface area contributed by atoms with Crippen molar-refractivity contribution in [1.29, 1.82) is 0 Å². The highest BCUT2D eigenvalue weighted by Crippen LogP contribution is 2.21. The largest absolute Gasteiger partial charge is 0.399 e. The Hall–Kier alpha value is -1.26. The van der Waals surface area contributed by atoms with Crippen molar-refractivity contribution in [3.05, 3.63) is 49.0 Å². The summed E-state index contributed by atoms with van der Waals surface area (Å²) in [4.78, 5) is 12.8. The molecule has 0 fully saturated rings. The standard InChI is InChI=1S/C12H13ClN2OS/c1-7-8(2)17-12(16)15(7)6-9-3-4-10(14)5-11(9)13/h3-5H,6,14H2,1-2H3. The molecule has 2 aromatic rings. The molecule has 1 heterocycles. The number of nitrogens with two attached hydrogens (primary N) is 1. The molecule has 0 unspecified atom stereocenters. The van der Waals surface area contributed by atoms with E-state index in [1.54, 1.807) is 16.7 Å². The molecule has 5 heteroatoms. The Labute approximate surface area is 108 Å². The van der Waals surface area contributed by atoms with Gasteiger partial charge in [-0.05, 0) is 31.5 Å². The molecule has 0 radical (unpaired) electrons. The van der Waals surface area contributed by atoms with Gasteiger partial charge in [0.2, 0.25) is 0 Å². The summed E-state index contributed by atoms with van der Waals surface area (Å²) in [5, 5.41) is 0.597. The van der Waals surface area contributed by atoms with E-state index in [2.05, 4.69) is 0 Å². The van der Waals surface area contributed by atoms with Crippen LogP contribution in [0.2, 0.25) is 5.02 Å². The molecule has 0 saturated heterocycles. The number of thiazole rings is 1. The van der Waals surface area contributed by atoms with E-state index in [0.717, 1.165) is 16.1 Å². The highest BCUT2D eigenvalue weighted by Gasteiger charge is 2.09. The van der Waals surface area contributed by atoms with Gasteiger partial charge >= 0.3 is 4.87 Å². The van der Waals surface area contributed by atoms with Gasteiger partial charge in [0.05, 0.1) is 6.54 Å². The lowest BCUT2D eigenvalue weighted by Crippen LogP contribution is -2.15. The number of aromatic nitrogens is 1. The van der Waals surface area contributed by atoms with Gasteiger partial charge in [-0.15, -0.1) is 0 Å². The highest BCUT2D eigenvalue weighted by atomic mass is 35.5. The van der Waals surface area contributed by atoms with Crippen LogP contribution in [0.15, 0.2) is 23.0 Å². The molecule has 0 aliphatic carbocycles. The van der Waals surface area contributed by atoms with Gasteiger partial charge in [-0.1, -0.05) is 29.0 Å². The molecule has 0 aliphatic heterocycles. The number of nitrogens with zero attached hydrogens (tertiary/aromatic N) is 1. The van der Waals surface area contributed by atoms with E-state index < -0.39 is 0 Å². The van der Waals surface area contributed by atoms with Crippen molar-refractivity contribution in [3.8, 4) is 0 Å². The Bertz CT molecular complexity index is 615. The summed E-state index contributed by atoms with van der Waals surface area (Å²) in [5.41, 5.74) is 8.16. The van der Waals surface area contributed by atoms with Crippen molar-refractivity contribution in [2.75, 3.05) is 5.73 Å². The summed E-state index contributed by atoms with van der Waals surface area (Å²) in [6.07, 6.45) is 0. The Morgan fingerprint density at radius 3 is 2.65 bits per heavy atom. The van der Waals surface area contributed by atoms with Crippen molar-refractivity contribution in [1.82, 2.24) is 4.57 Å². The molecule has 17 heavy (non-hydrogen) atoms. The van der Waals surface area contributed by atoms with Crippen molar-refractivity contribution in [2.24, 2.45) is 0 Å². The molecule has 1 aromatic heterocycles. The van der Waals surface area contributed by atoms with Gasteiger partial charge in [0.1, 0.15) is 0 Å². The maximum Gasteiger partial charge on any atom is 0.307 e. The monoisotopic (exact) mass is 268 g/mol. The zero-order valence-corrected chi connectivity index (χ0v) is 11.2. The summed E-state index contributed by atoms with van der Waals surface area (Å²) in [6, 6.07) is 5.35. The number of benzene rings is 1. The van der Waals surface area contributed by atoms with Crippen LogP contribution in [0.4, 0.5) is 5.69 Å². The number of aryl methyl sites for hydroxylation is 1. The van der Waals surface area contributed by atoms with Gasteiger partial charge in [0.25, 0.3) is 0 Å². The lowest BCUT2D eigenvalue weighted by molar-refractivity contribution is 0.752. The SMILES string of the molecule is Cc1sc(=O)n(Cc2ccc(N)cc2Cl)c1C. The number of hydrogen-bond acceptors (Lipinski definition) is 3. The molecule has 90 valence electrons. The Morgan fingerprint density at radius 1 is 1.41 bits per heavy atom. The molecular weight excluding hydrogens is 256 g/mol. The van der Waals surface area contributed by atoms with Crippen LogP contribution in [0.25, 0.3) is 0 Å². The fraction of sp³-hybridized carbons (Fsp3) is 0.250. The predicted octanol–water partition coefficient (Wildman–Crippen LogP) is 2.81. The summed E-state index contributed by atoms with van der Waals surface area (Å²) >= 11 is 7.36. The van der Waals surface area contributed by atoms with E-state index in [-0.39, 0.29) is 4.87 Å². The third-order valence-electron chi connectivity index (χ3n) is 2.78. The van der Waals surface area contributed by atoms with E-state index in [9.17, 15) is 4.79 Å². The van der Waals surface area contributed by atoms with Crippen LogP contribution in [0.1, 0.15) is 16.1 Å². The number of anilines is 1. The van der Waals surface area contributed by atoms with Crippen LogP contribution in [0.5, 0.6) is 0 Å². The van der Waals surface area contributed by atoms with Gasteiger partial charge in [-0.2, -0.15) is 0 Å². The fourth-order valence-corrected chi connectivity index (χ4v) is 2.71. The Kier molecular flexibility index (Phi) is 3.26. The topological polar surface area (TPSA) is 48.0 Å². The second kappa shape index (κ2) is 4.55.